The highest BCUT2D eigenvalue weighted by Gasteiger charge is 2.05. The van der Waals surface area contributed by atoms with Crippen molar-refractivity contribution in [2.45, 2.75) is 39.2 Å². The molecule has 0 aromatic rings. The van der Waals surface area contributed by atoms with Crippen molar-refractivity contribution < 1.29 is 13.2 Å². The fourth-order valence-electron chi connectivity index (χ4n) is 0.976. The van der Waals surface area contributed by atoms with Crippen LogP contribution in [0.3, 0.4) is 0 Å². The lowest BCUT2D eigenvalue weighted by Crippen LogP contribution is -2.15. The topological polar surface area (TPSA) is 43.4 Å². The molecular formula is C9H20O3S. The van der Waals surface area contributed by atoms with Crippen LogP contribution >= 0.6 is 0 Å². The second-order valence-electron chi connectivity index (χ2n) is 3.45. The van der Waals surface area contributed by atoms with Crippen molar-refractivity contribution in [2.75, 3.05) is 18.6 Å². The molecule has 13 heavy (non-hydrogen) atoms. The summed E-state index contributed by atoms with van der Waals surface area (Å²) < 4.78 is 26.8. The average molecular weight is 208 g/mol. The van der Waals surface area contributed by atoms with Crippen molar-refractivity contribution in [1.82, 2.24) is 0 Å². The molecule has 0 rings (SSSR count). The second-order valence-corrected chi connectivity index (χ2v) is 5.71. The molecule has 0 aliphatic rings. The Hall–Kier alpha value is -0.0900. The van der Waals surface area contributed by atoms with Gasteiger partial charge in [-0.1, -0.05) is 19.8 Å². The Balaban J connectivity index is 3.42. The van der Waals surface area contributed by atoms with Gasteiger partial charge in [0.1, 0.15) is 9.84 Å². The summed E-state index contributed by atoms with van der Waals surface area (Å²) in [7, 11) is -2.87. The monoisotopic (exact) mass is 208 g/mol. The Kier molecular flexibility index (Phi) is 6.33. The van der Waals surface area contributed by atoms with Crippen molar-refractivity contribution in [3.63, 3.8) is 0 Å². The fourth-order valence-corrected chi connectivity index (χ4v) is 1.37. The van der Waals surface area contributed by atoms with E-state index in [9.17, 15) is 8.42 Å². The molecule has 0 spiro atoms. The first-order valence-corrected chi connectivity index (χ1v) is 6.81. The lowest BCUT2D eigenvalue weighted by Gasteiger charge is -2.11. The predicted molar refractivity (Wildman–Crippen MR) is 54.6 cm³/mol. The molecule has 0 aromatic carbocycles. The molecular weight excluding hydrogens is 188 g/mol. The standard InChI is InChI=1S/C9H20O3S/c1-4-5-6-9(2)12-7-8-13(3,10)11/h9H,4-8H2,1-3H3. The van der Waals surface area contributed by atoms with Crippen LogP contribution in [0.25, 0.3) is 0 Å². The van der Waals surface area contributed by atoms with Crippen molar-refractivity contribution in [3.8, 4) is 0 Å². The first kappa shape index (κ1) is 12.9. The zero-order chi connectivity index (χ0) is 10.3. The minimum atomic E-state index is -2.87. The van der Waals surface area contributed by atoms with E-state index in [2.05, 4.69) is 6.92 Å². The molecule has 0 bridgehead atoms. The van der Waals surface area contributed by atoms with E-state index in [1.807, 2.05) is 6.92 Å². The van der Waals surface area contributed by atoms with Crippen molar-refractivity contribution in [2.24, 2.45) is 0 Å². The summed E-state index contributed by atoms with van der Waals surface area (Å²) in [6, 6.07) is 0. The number of hydrogen-bond acceptors (Lipinski definition) is 3. The van der Waals surface area contributed by atoms with E-state index in [4.69, 9.17) is 4.74 Å². The molecule has 3 nitrogen and oxygen atoms in total. The van der Waals surface area contributed by atoms with Gasteiger partial charge in [0.2, 0.25) is 0 Å². The maximum atomic E-state index is 10.7. The van der Waals surface area contributed by atoms with E-state index in [1.165, 1.54) is 6.26 Å². The number of ether oxygens (including phenoxy) is 1. The van der Waals surface area contributed by atoms with Gasteiger partial charge in [-0.05, 0) is 13.3 Å². The Bertz CT molecular complexity index is 209. The minimum Gasteiger partial charge on any atom is -0.377 e. The number of unbranched alkanes of at least 4 members (excludes halogenated alkanes) is 1. The third-order valence-corrected chi connectivity index (χ3v) is 2.73. The molecule has 0 aliphatic heterocycles. The van der Waals surface area contributed by atoms with E-state index >= 15 is 0 Å². The Labute approximate surface area is 81.4 Å². The molecule has 0 radical (unpaired) electrons. The highest BCUT2D eigenvalue weighted by atomic mass is 32.2. The van der Waals surface area contributed by atoms with Crippen LogP contribution in [-0.2, 0) is 14.6 Å². The van der Waals surface area contributed by atoms with Crippen LogP contribution in [0.1, 0.15) is 33.1 Å². The van der Waals surface area contributed by atoms with Crippen LogP contribution < -0.4 is 0 Å². The SMILES string of the molecule is CCCCC(C)OCCS(C)(=O)=O. The van der Waals surface area contributed by atoms with E-state index in [-0.39, 0.29) is 11.9 Å². The Morgan fingerprint density at radius 2 is 2.00 bits per heavy atom. The average Bonchev–Trinajstić information content (AvgIpc) is 1.98. The summed E-state index contributed by atoms with van der Waals surface area (Å²) >= 11 is 0. The van der Waals surface area contributed by atoms with Gasteiger partial charge < -0.3 is 4.74 Å². The molecule has 0 aromatic heterocycles. The van der Waals surface area contributed by atoms with Crippen LogP contribution in [0.4, 0.5) is 0 Å². The summed E-state index contributed by atoms with van der Waals surface area (Å²) in [4.78, 5) is 0. The van der Waals surface area contributed by atoms with Crippen molar-refractivity contribution in [1.29, 1.82) is 0 Å². The zero-order valence-electron chi connectivity index (χ0n) is 8.75. The van der Waals surface area contributed by atoms with Gasteiger partial charge in [-0.3, -0.25) is 0 Å². The molecule has 0 aliphatic carbocycles. The first-order valence-electron chi connectivity index (χ1n) is 4.75. The van der Waals surface area contributed by atoms with Crippen LogP contribution in [0.15, 0.2) is 0 Å². The van der Waals surface area contributed by atoms with Gasteiger partial charge in [0, 0.05) is 6.26 Å². The van der Waals surface area contributed by atoms with Crippen LogP contribution in [0, 0.1) is 0 Å². The lowest BCUT2D eigenvalue weighted by atomic mass is 10.2. The third kappa shape index (κ3) is 9.83. The summed E-state index contributed by atoms with van der Waals surface area (Å²) in [5.41, 5.74) is 0. The molecule has 0 saturated carbocycles. The molecule has 1 unspecified atom stereocenters. The summed E-state index contributed by atoms with van der Waals surface area (Å²) in [5, 5.41) is 0. The largest absolute Gasteiger partial charge is 0.377 e. The number of hydrogen-bond donors (Lipinski definition) is 0. The van der Waals surface area contributed by atoms with E-state index in [0.717, 1.165) is 19.3 Å². The molecule has 0 N–H and O–H groups in total. The normalized spacial score (nSPS) is 14.4. The molecule has 1 atom stereocenters. The smallest absolute Gasteiger partial charge is 0.149 e. The molecule has 0 saturated heterocycles. The van der Waals surface area contributed by atoms with Crippen molar-refractivity contribution in [3.05, 3.63) is 0 Å². The van der Waals surface area contributed by atoms with E-state index < -0.39 is 9.84 Å². The van der Waals surface area contributed by atoms with Gasteiger partial charge in [0.15, 0.2) is 0 Å². The van der Waals surface area contributed by atoms with Gasteiger partial charge in [-0.15, -0.1) is 0 Å². The Morgan fingerprint density at radius 3 is 2.46 bits per heavy atom. The number of rotatable bonds is 7. The summed E-state index contributed by atoms with van der Waals surface area (Å²) in [6.07, 6.45) is 4.72. The maximum Gasteiger partial charge on any atom is 0.149 e. The van der Waals surface area contributed by atoms with Crippen LogP contribution in [-0.4, -0.2) is 33.1 Å². The summed E-state index contributed by atoms with van der Waals surface area (Å²) in [6.45, 7) is 4.44. The molecule has 0 amide bonds. The Morgan fingerprint density at radius 1 is 1.38 bits per heavy atom. The maximum absolute atomic E-state index is 10.7. The quantitative estimate of drug-likeness (QED) is 0.638. The first-order chi connectivity index (χ1) is 5.95. The second kappa shape index (κ2) is 6.38. The van der Waals surface area contributed by atoms with Crippen LogP contribution in [0.2, 0.25) is 0 Å². The highest BCUT2D eigenvalue weighted by molar-refractivity contribution is 7.90. The van der Waals surface area contributed by atoms with Gasteiger partial charge in [0.05, 0.1) is 18.5 Å². The summed E-state index contributed by atoms with van der Waals surface area (Å²) in [5.74, 6) is 0.128. The fraction of sp³-hybridized carbons (Fsp3) is 1.00. The highest BCUT2D eigenvalue weighted by Crippen LogP contribution is 2.03. The molecule has 0 heterocycles. The van der Waals surface area contributed by atoms with E-state index in [0.29, 0.717) is 6.61 Å². The van der Waals surface area contributed by atoms with E-state index in [1.54, 1.807) is 0 Å². The zero-order valence-corrected chi connectivity index (χ0v) is 9.56. The predicted octanol–water partition coefficient (Wildman–Crippen LogP) is 1.63. The third-order valence-electron chi connectivity index (χ3n) is 1.82. The lowest BCUT2D eigenvalue weighted by molar-refractivity contribution is 0.0700. The number of sulfone groups is 1. The van der Waals surface area contributed by atoms with Crippen LogP contribution in [0.5, 0.6) is 0 Å². The van der Waals surface area contributed by atoms with Gasteiger partial charge in [0.25, 0.3) is 0 Å². The molecule has 80 valence electrons. The van der Waals surface area contributed by atoms with Gasteiger partial charge >= 0.3 is 0 Å². The van der Waals surface area contributed by atoms with Gasteiger partial charge in [-0.25, -0.2) is 8.42 Å². The molecule has 4 heteroatoms. The minimum absolute atomic E-state index is 0.128. The molecule has 0 fully saturated rings. The van der Waals surface area contributed by atoms with Gasteiger partial charge in [-0.2, -0.15) is 0 Å². The van der Waals surface area contributed by atoms with Crippen molar-refractivity contribution >= 4 is 9.84 Å².